The molecule has 0 radical (unpaired) electrons. The van der Waals surface area contributed by atoms with Crippen LogP contribution >= 0.6 is 0 Å². The molecule has 0 spiro atoms. The predicted molar refractivity (Wildman–Crippen MR) is 185 cm³/mol. The molecule has 0 aromatic heterocycles. The molecule has 4 fully saturated rings. The molecule has 0 aromatic rings. The van der Waals surface area contributed by atoms with Gasteiger partial charge >= 0.3 is 0 Å². The number of carbonyl (C=O) groups excluding carboxylic acids is 4. The summed E-state index contributed by atoms with van der Waals surface area (Å²) in [5.41, 5.74) is 0. The Morgan fingerprint density at radius 2 is 1.06 bits per heavy atom. The van der Waals surface area contributed by atoms with Gasteiger partial charge in [-0.1, -0.05) is 24.3 Å². The number of amides is 4. The average molecular weight is 747 g/mol. The Kier molecular flexibility index (Phi) is 14.5. The van der Waals surface area contributed by atoms with Crippen molar-refractivity contribution < 1.29 is 62.2 Å². The van der Waals surface area contributed by atoms with Crippen molar-refractivity contribution in [3.63, 3.8) is 0 Å². The summed E-state index contributed by atoms with van der Waals surface area (Å²) in [7, 11) is 0. The van der Waals surface area contributed by atoms with Crippen molar-refractivity contribution in [2.24, 2.45) is 33.7 Å². The van der Waals surface area contributed by atoms with Crippen molar-refractivity contribution in [2.75, 3.05) is 92.3 Å². The average Bonchev–Trinajstić information content (AvgIpc) is 4.02. The van der Waals surface area contributed by atoms with Crippen molar-refractivity contribution >= 4 is 35.4 Å². The van der Waals surface area contributed by atoms with Crippen molar-refractivity contribution in [3.8, 4) is 0 Å². The zero-order valence-electron chi connectivity index (χ0n) is 29.8. The fraction of sp³-hybridized carbons (Fsp3) is 0.722. The molecule has 4 saturated heterocycles. The number of hydrogen-bond acceptors (Lipinski definition) is 15. The molecular weight excluding hydrogens is 696 g/mol. The summed E-state index contributed by atoms with van der Waals surface area (Å²) in [6, 6.07) is 0. The number of aliphatic hydroxyl groups excluding tert-OH is 1. The third-order valence-electron chi connectivity index (χ3n) is 9.85. The van der Waals surface area contributed by atoms with Crippen LogP contribution in [0.15, 0.2) is 34.3 Å². The van der Waals surface area contributed by atoms with E-state index in [1.54, 1.807) is 0 Å². The van der Waals surface area contributed by atoms with Crippen molar-refractivity contribution in [2.45, 2.75) is 50.1 Å². The molecule has 292 valence electrons. The Labute approximate surface area is 308 Å². The van der Waals surface area contributed by atoms with Crippen LogP contribution < -0.4 is 5.32 Å². The summed E-state index contributed by atoms with van der Waals surface area (Å²) in [5, 5.41) is 10.8. The second-order valence-corrected chi connectivity index (χ2v) is 13.3. The molecule has 53 heavy (non-hydrogen) atoms. The van der Waals surface area contributed by atoms with Gasteiger partial charge in [-0.2, -0.15) is 0 Å². The predicted octanol–water partition coefficient (Wildman–Crippen LogP) is -0.400. The largest absolute Gasteiger partial charge is 0.479 e. The van der Waals surface area contributed by atoms with Crippen molar-refractivity contribution in [3.05, 3.63) is 24.3 Å². The Morgan fingerprint density at radius 1 is 0.623 bits per heavy atom. The van der Waals surface area contributed by atoms with Gasteiger partial charge in [0.25, 0.3) is 0 Å². The van der Waals surface area contributed by atoms with Crippen molar-refractivity contribution in [1.82, 2.24) is 10.2 Å². The standard InChI is InChI=1S/C18H24N2O6.C10H19NO4.C8H7NO3/c21-17-15-12-3-4-13(26-12)16(15)18(22)20(17)6-9-24-11-10-23-7-1-2-14-19-5-8-25-14;12-4-7-14-9-8-13-5-1-2-10-11-3-6-15-10;10-7-5-3-1-2-4(12-3)6(5)8(11)9-7/h3-4,12-13,15-16H,1-2,5-11H2;12H,1-9H2;1-6H,(H,9,10,11). The second kappa shape index (κ2) is 19.7. The van der Waals surface area contributed by atoms with Crippen LogP contribution in [0.5, 0.6) is 0 Å². The maximum Gasteiger partial charge on any atom is 0.236 e. The molecule has 8 heterocycles. The molecule has 8 atom stereocenters. The molecule has 4 bridgehead atoms. The number of hydrogen-bond donors (Lipinski definition) is 2. The van der Waals surface area contributed by atoms with Gasteiger partial charge in [-0.3, -0.25) is 39.4 Å². The van der Waals surface area contributed by atoms with Crippen molar-refractivity contribution in [1.29, 1.82) is 0 Å². The van der Waals surface area contributed by atoms with Crippen LogP contribution in [0.1, 0.15) is 25.7 Å². The monoisotopic (exact) mass is 746 g/mol. The summed E-state index contributed by atoms with van der Waals surface area (Å²) in [6.07, 6.45) is 10.2. The molecule has 2 N–H and O–H groups in total. The quantitative estimate of drug-likeness (QED) is 0.0984. The van der Waals surface area contributed by atoms with Crippen LogP contribution in [0.2, 0.25) is 0 Å². The van der Waals surface area contributed by atoms with Gasteiger partial charge < -0.3 is 43.0 Å². The number of aliphatic imine (C=N–C) groups is 2. The van der Waals surface area contributed by atoms with Gasteiger partial charge in [0.1, 0.15) is 13.2 Å². The molecular formula is C36H50N4O13. The number of imide groups is 2. The molecule has 8 rings (SSSR count). The number of nitrogens with one attached hydrogen (secondary N) is 1. The minimum Gasteiger partial charge on any atom is -0.479 e. The molecule has 0 aromatic carbocycles. The number of likely N-dealkylation sites (tertiary alicyclic amines) is 1. The summed E-state index contributed by atoms with van der Waals surface area (Å²) in [5.74, 6) is -0.131. The van der Waals surface area contributed by atoms with Crippen LogP contribution in [-0.4, -0.2) is 162 Å². The van der Waals surface area contributed by atoms with Gasteiger partial charge in [-0.05, 0) is 12.8 Å². The fourth-order valence-electron chi connectivity index (χ4n) is 7.38. The van der Waals surface area contributed by atoms with E-state index in [0.29, 0.717) is 66.0 Å². The maximum absolute atomic E-state index is 12.4. The van der Waals surface area contributed by atoms with Gasteiger partial charge in [0, 0.05) is 26.1 Å². The highest BCUT2D eigenvalue weighted by Gasteiger charge is 2.60. The van der Waals surface area contributed by atoms with Crippen LogP contribution in [0, 0.1) is 23.7 Å². The summed E-state index contributed by atoms with van der Waals surface area (Å²) in [4.78, 5) is 57.0. The zero-order valence-corrected chi connectivity index (χ0v) is 29.8. The van der Waals surface area contributed by atoms with Crippen LogP contribution in [0.25, 0.3) is 0 Å². The van der Waals surface area contributed by atoms with E-state index in [1.165, 1.54) is 4.90 Å². The second-order valence-electron chi connectivity index (χ2n) is 13.3. The van der Waals surface area contributed by atoms with Gasteiger partial charge in [-0.25, -0.2) is 0 Å². The minimum atomic E-state index is -0.339. The smallest absolute Gasteiger partial charge is 0.236 e. The van der Waals surface area contributed by atoms with Gasteiger partial charge in [-0.15, -0.1) is 0 Å². The number of nitrogens with zero attached hydrogens (tertiary/aromatic N) is 3. The lowest BCUT2D eigenvalue weighted by Crippen LogP contribution is -2.37. The minimum absolute atomic E-state index is 0.0666. The van der Waals surface area contributed by atoms with Gasteiger partial charge in [0.15, 0.2) is 11.8 Å². The third-order valence-corrected chi connectivity index (χ3v) is 9.85. The Bertz CT molecular complexity index is 1360. The van der Waals surface area contributed by atoms with E-state index in [-0.39, 0.29) is 78.3 Å². The van der Waals surface area contributed by atoms with E-state index in [0.717, 1.165) is 57.2 Å². The van der Waals surface area contributed by atoms with Crippen LogP contribution in [-0.2, 0) is 57.1 Å². The first-order chi connectivity index (χ1) is 26.0. The number of ether oxygens (including phenoxy) is 8. The number of carbonyl (C=O) groups is 4. The number of aliphatic hydroxyl groups is 1. The molecule has 0 saturated carbocycles. The fourth-order valence-corrected chi connectivity index (χ4v) is 7.38. The highest BCUT2D eigenvalue weighted by Crippen LogP contribution is 2.45. The highest BCUT2D eigenvalue weighted by molar-refractivity contribution is 6.07. The van der Waals surface area contributed by atoms with Gasteiger partial charge in [0.05, 0.1) is 114 Å². The van der Waals surface area contributed by atoms with E-state index in [4.69, 9.17) is 43.0 Å². The lowest BCUT2D eigenvalue weighted by atomic mass is 9.85. The van der Waals surface area contributed by atoms with E-state index >= 15 is 0 Å². The Hall–Kier alpha value is -3.58. The summed E-state index contributed by atoms with van der Waals surface area (Å²) >= 11 is 0. The molecule has 8 unspecified atom stereocenters. The molecule has 4 amide bonds. The first-order valence-corrected chi connectivity index (χ1v) is 18.6. The Morgan fingerprint density at radius 3 is 1.49 bits per heavy atom. The lowest BCUT2D eigenvalue weighted by Gasteiger charge is -2.17. The molecule has 17 heteroatoms. The highest BCUT2D eigenvalue weighted by atomic mass is 16.5. The lowest BCUT2D eigenvalue weighted by molar-refractivity contribution is -0.143. The zero-order chi connectivity index (χ0) is 37.0. The number of fused-ring (bicyclic) bond motifs is 10. The number of rotatable bonds is 19. The van der Waals surface area contributed by atoms with E-state index in [2.05, 4.69) is 15.3 Å². The molecule has 8 aliphatic rings. The molecule has 17 nitrogen and oxygen atoms in total. The summed E-state index contributed by atoms with van der Waals surface area (Å²) in [6.45, 7) is 7.43. The van der Waals surface area contributed by atoms with E-state index in [9.17, 15) is 19.2 Å². The van der Waals surface area contributed by atoms with Gasteiger partial charge in [0.2, 0.25) is 23.6 Å². The maximum atomic E-state index is 12.4. The molecule has 0 aliphatic carbocycles. The SMILES string of the molecule is O=C1C2C3C=CC(O3)C2C(=O)N1CCOCCOCCCC1=NCCO1.O=C1NC(=O)C2C3C=CC(O3)C12.OCCOCCOCCCC1=NCCO1. The normalized spacial score (nSPS) is 30.8. The third kappa shape index (κ3) is 9.95. The first-order valence-electron chi connectivity index (χ1n) is 18.6. The molecule has 8 aliphatic heterocycles. The summed E-state index contributed by atoms with van der Waals surface area (Å²) < 4.78 is 42.9. The van der Waals surface area contributed by atoms with Crippen LogP contribution in [0.4, 0.5) is 0 Å². The Balaban J connectivity index is 0.000000150. The topological polar surface area (TPSA) is 202 Å². The first kappa shape index (κ1) is 39.1. The van der Waals surface area contributed by atoms with E-state index < -0.39 is 0 Å². The van der Waals surface area contributed by atoms with Crippen LogP contribution in [0.3, 0.4) is 0 Å². The van der Waals surface area contributed by atoms with E-state index in [1.807, 2.05) is 24.3 Å².